The van der Waals surface area contributed by atoms with Gasteiger partial charge in [-0.15, -0.1) is 0 Å². The van der Waals surface area contributed by atoms with Gasteiger partial charge in [0.15, 0.2) is 0 Å². The molecule has 96 valence electrons. The third kappa shape index (κ3) is 5.83. The van der Waals surface area contributed by atoms with E-state index in [4.69, 9.17) is 0 Å². The minimum Gasteiger partial charge on any atom is -0.390 e. The molecule has 0 aromatic rings. The third-order valence-corrected chi connectivity index (χ3v) is 3.13. The Hall–Kier alpha value is -0.120. The van der Waals surface area contributed by atoms with Gasteiger partial charge in [0.1, 0.15) is 0 Å². The van der Waals surface area contributed by atoms with Crippen LogP contribution in [0.5, 0.6) is 0 Å². The molecule has 0 bridgehead atoms. The summed E-state index contributed by atoms with van der Waals surface area (Å²) in [5.74, 6) is 0.767. The molecule has 1 saturated heterocycles. The van der Waals surface area contributed by atoms with Crippen LogP contribution in [0.4, 0.5) is 0 Å². The molecular weight excluding hydrogens is 200 g/mol. The Morgan fingerprint density at radius 1 is 1.06 bits per heavy atom. The van der Waals surface area contributed by atoms with Gasteiger partial charge in [-0.05, 0) is 26.2 Å². The zero-order valence-electron chi connectivity index (χ0n) is 11.4. The van der Waals surface area contributed by atoms with Gasteiger partial charge >= 0.3 is 0 Å². The monoisotopic (exact) mass is 228 g/mol. The lowest BCUT2D eigenvalue weighted by atomic mass is 10.1. The van der Waals surface area contributed by atoms with Gasteiger partial charge in [0, 0.05) is 39.3 Å². The lowest BCUT2D eigenvalue weighted by molar-refractivity contribution is 0.0464. The Labute approximate surface area is 100 Å². The van der Waals surface area contributed by atoms with Gasteiger partial charge in [0.2, 0.25) is 0 Å². The van der Waals surface area contributed by atoms with E-state index in [1.165, 1.54) is 19.6 Å². The molecular formula is C13H28N2O. The highest BCUT2D eigenvalue weighted by Gasteiger charge is 2.19. The van der Waals surface area contributed by atoms with Gasteiger partial charge in [0.05, 0.1) is 5.60 Å². The Kier molecular flexibility index (Phi) is 5.22. The Bertz CT molecular complexity index is 191. The van der Waals surface area contributed by atoms with Crippen molar-refractivity contribution >= 4 is 0 Å². The van der Waals surface area contributed by atoms with Crippen LogP contribution in [0.15, 0.2) is 0 Å². The Morgan fingerprint density at radius 3 is 2.00 bits per heavy atom. The fourth-order valence-electron chi connectivity index (χ4n) is 2.14. The number of hydrogen-bond acceptors (Lipinski definition) is 3. The highest BCUT2D eigenvalue weighted by atomic mass is 16.3. The van der Waals surface area contributed by atoms with Crippen LogP contribution in [0.3, 0.4) is 0 Å². The standard InChI is InChI=1S/C13H28N2O/c1-12(2)11-15-9-7-14(8-10-15)6-5-13(3,4)16/h12,16H,5-11H2,1-4H3. The molecule has 0 aromatic carbocycles. The summed E-state index contributed by atoms with van der Waals surface area (Å²) in [6.45, 7) is 15.3. The quantitative estimate of drug-likeness (QED) is 0.771. The highest BCUT2D eigenvalue weighted by molar-refractivity contribution is 4.75. The SMILES string of the molecule is CC(C)CN1CCN(CCC(C)(C)O)CC1. The van der Waals surface area contributed by atoms with Crippen molar-refractivity contribution in [2.24, 2.45) is 5.92 Å². The molecule has 0 radical (unpaired) electrons. The van der Waals surface area contributed by atoms with Gasteiger partial charge < -0.3 is 14.9 Å². The third-order valence-electron chi connectivity index (χ3n) is 3.13. The van der Waals surface area contributed by atoms with Crippen LogP contribution >= 0.6 is 0 Å². The molecule has 0 aromatic heterocycles. The summed E-state index contributed by atoms with van der Waals surface area (Å²) in [6, 6.07) is 0. The minimum absolute atomic E-state index is 0.519. The first kappa shape index (κ1) is 13.9. The summed E-state index contributed by atoms with van der Waals surface area (Å²) in [7, 11) is 0. The summed E-state index contributed by atoms with van der Waals surface area (Å²) in [6.07, 6.45) is 0.872. The van der Waals surface area contributed by atoms with Crippen LogP contribution in [0.1, 0.15) is 34.1 Å². The molecule has 1 fully saturated rings. The van der Waals surface area contributed by atoms with E-state index in [1.54, 1.807) is 0 Å². The van der Waals surface area contributed by atoms with E-state index in [2.05, 4.69) is 23.6 Å². The van der Waals surface area contributed by atoms with Gasteiger partial charge in [-0.2, -0.15) is 0 Å². The number of hydrogen-bond donors (Lipinski definition) is 1. The second-order valence-electron chi connectivity index (χ2n) is 6.10. The molecule has 3 heteroatoms. The summed E-state index contributed by atoms with van der Waals surface area (Å²) >= 11 is 0. The van der Waals surface area contributed by atoms with Crippen LogP contribution in [0.2, 0.25) is 0 Å². The fraction of sp³-hybridized carbons (Fsp3) is 1.00. The average Bonchev–Trinajstić information content (AvgIpc) is 2.14. The number of rotatable bonds is 5. The van der Waals surface area contributed by atoms with E-state index in [0.717, 1.165) is 32.0 Å². The molecule has 0 unspecified atom stereocenters. The second kappa shape index (κ2) is 5.99. The zero-order chi connectivity index (χ0) is 12.2. The van der Waals surface area contributed by atoms with Gasteiger partial charge in [-0.25, -0.2) is 0 Å². The summed E-state index contributed by atoms with van der Waals surface area (Å²) in [4.78, 5) is 5.01. The fourth-order valence-corrected chi connectivity index (χ4v) is 2.14. The molecule has 16 heavy (non-hydrogen) atoms. The van der Waals surface area contributed by atoms with Crippen LogP contribution in [-0.4, -0.2) is 59.8 Å². The first-order valence-corrected chi connectivity index (χ1v) is 6.54. The highest BCUT2D eigenvalue weighted by Crippen LogP contribution is 2.11. The van der Waals surface area contributed by atoms with Crippen LogP contribution in [-0.2, 0) is 0 Å². The number of nitrogens with zero attached hydrogens (tertiary/aromatic N) is 2. The van der Waals surface area contributed by atoms with E-state index in [9.17, 15) is 5.11 Å². The molecule has 3 nitrogen and oxygen atoms in total. The predicted octanol–water partition coefficient (Wildman–Crippen LogP) is 1.42. The molecule has 1 aliphatic heterocycles. The maximum absolute atomic E-state index is 9.68. The molecule has 0 aliphatic carbocycles. The van der Waals surface area contributed by atoms with Crippen molar-refractivity contribution < 1.29 is 5.11 Å². The van der Waals surface area contributed by atoms with Crippen molar-refractivity contribution in [2.75, 3.05) is 39.3 Å². The van der Waals surface area contributed by atoms with E-state index >= 15 is 0 Å². The van der Waals surface area contributed by atoms with Crippen molar-refractivity contribution in [3.8, 4) is 0 Å². The average molecular weight is 228 g/mol. The Morgan fingerprint density at radius 2 is 1.56 bits per heavy atom. The summed E-state index contributed by atoms with van der Waals surface area (Å²) < 4.78 is 0. The molecule has 0 spiro atoms. The van der Waals surface area contributed by atoms with Gasteiger partial charge in [0.25, 0.3) is 0 Å². The molecule has 1 N–H and O–H groups in total. The van der Waals surface area contributed by atoms with Crippen LogP contribution in [0, 0.1) is 5.92 Å². The van der Waals surface area contributed by atoms with Crippen molar-refractivity contribution in [1.82, 2.24) is 9.80 Å². The lowest BCUT2D eigenvalue weighted by Crippen LogP contribution is -2.48. The Balaban J connectivity index is 2.17. The first-order valence-electron chi connectivity index (χ1n) is 6.54. The summed E-state index contributed by atoms with van der Waals surface area (Å²) in [5, 5.41) is 9.68. The topological polar surface area (TPSA) is 26.7 Å². The largest absolute Gasteiger partial charge is 0.390 e. The van der Waals surface area contributed by atoms with Crippen molar-refractivity contribution in [2.45, 2.75) is 39.7 Å². The van der Waals surface area contributed by atoms with E-state index in [1.807, 2.05) is 13.8 Å². The molecule has 1 heterocycles. The van der Waals surface area contributed by atoms with Gasteiger partial charge in [-0.1, -0.05) is 13.8 Å². The van der Waals surface area contributed by atoms with Crippen molar-refractivity contribution in [3.05, 3.63) is 0 Å². The maximum atomic E-state index is 9.68. The maximum Gasteiger partial charge on any atom is 0.0603 e. The lowest BCUT2D eigenvalue weighted by Gasteiger charge is -2.36. The van der Waals surface area contributed by atoms with Crippen molar-refractivity contribution in [3.63, 3.8) is 0 Å². The van der Waals surface area contributed by atoms with Crippen molar-refractivity contribution in [1.29, 1.82) is 0 Å². The molecule has 1 aliphatic rings. The van der Waals surface area contributed by atoms with Gasteiger partial charge in [-0.3, -0.25) is 0 Å². The molecule has 0 saturated carbocycles. The smallest absolute Gasteiger partial charge is 0.0603 e. The molecule has 0 amide bonds. The zero-order valence-corrected chi connectivity index (χ0v) is 11.4. The molecule has 1 rings (SSSR count). The normalized spacial score (nSPS) is 20.6. The predicted molar refractivity (Wildman–Crippen MR) is 68.6 cm³/mol. The summed E-state index contributed by atoms with van der Waals surface area (Å²) in [5.41, 5.74) is -0.519. The number of aliphatic hydroxyl groups is 1. The van der Waals surface area contributed by atoms with E-state index in [0.29, 0.717) is 0 Å². The van der Waals surface area contributed by atoms with E-state index < -0.39 is 5.60 Å². The molecule has 0 atom stereocenters. The second-order valence-corrected chi connectivity index (χ2v) is 6.10. The minimum atomic E-state index is -0.519. The number of piperazine rings is 1. The van der Waals surface area contributed by atoms with Crippen LogP contribution in [0.25, 0.3) is 0 Å². The van der Waals surface area contributed by atoms with E-state index in [-0.39, 0.29) is 0 Å². The first-order chi connectivity index (χ1) is 7.37. The van der Waals surface area contributed by atoms with Crippen LogP contribution < -0.4 is 0 Å².